The molecule has 0 bridgehead atoms. The van der Waals surface area contributed by atoms with Crippen LogP contribution >= 0.6 is 0 Å². The first-order chi connectivity index (χ1) is 12.1. The molecule has 1 aromatic carbocycles. The number of benzene rings is 1. The highest BCUT2D eigenvalue weighted by atomic mass is 16.2. The van der Waals surface area contributed by atoms with Gasteiger partial charge in [-0.3, -0.25) is 14.0 Å². The molecule has 2 aromatic heterocycles. The third kappa shape index (κ3) is 4.00. The number of hydrogen-bond donors (Lipinski definition) is 2. The maximum Gasteiger partial charge on any atom is 0.251 e. The predicted molar refractivity (Wildman–Crippen MR) is 93.0 cm³/mol. The molecule has 0 aliphatic heterocycles. The molecule has 25 heavy (non-hydrogen) atoms. The number of aromatic nitrogens is 3. The Morgan fingerprint density at radius 1 is 1.04 bits per heavy atom. The monoisotopic (exact) mass is 337 g/mol. The minimum absolute atomic E-state index is 0.155. The number of aryl methyl sites for hydroxylation is 1. The zero-order valence-corrected chi connectivity index (χ0v) is 13.9. The molecule has 0 spiro atoms. The van der Waals surface area contributed by atoms with Gasteiger partial charge in [-0.2, -0.15) is 0 Å². The number of amides is 2. The van der Waals surface area contributed by atoms with Gasteiger partial charge in [0, 0.05) is 24.7 Å². The van der Waals surface area contributed by atoms with Gasteiger partial charge in [-0.1, -0.05) is 24.3 Å². The normalized spacial score (nSPS) is 10.6. The summed E-state index contributed by atoms with van der Waals surface area (Å²) in [6.07, 6.45) is 2.05. The topological polar surface area (TPSA) is 88.4 Å². The third-order valence-electron chi connectivity index (χ3n) is 3.86. The fourth-order valence-electron chi connectivity index (χ4n) is 2.49. The molecule has 0 aliphatic rings. The van der Waals surface area contributed by atoms with Crippen molar-refractivity contribution >= 4 is 17.5 Å². The smallest absolute Gasteiger partial charge is 0.251 e. The van der Waals surface area contributed by atoms with Gasteiger partial charge in [0.05, 0.1) is 6.54 Å². The van der Waals surface area contributed by atoms with E-state index < -0.39 is 0 Å². The van der Waals surface area contributed by atoms with Crippen LogP contribution in [0.25, 0.3) is 5.65 Å². The summed E-state index contributed by atoms with van der Waals surface area (Å²) >= 11 is 0. The van der Waals surface area contributed by atoms with Crippen molar-refractivity contribution in [3.05, 3.63) is 65.6 Å². The van der Waals surface area contributed by atoms with Crippen LogP contribution in [0.15, 0.2) is 48.7 Å². The van der Waals surface area contributed by atoms with Crippen molar-refractivity contribution in [2.24, 2.45) is 0 Å². The highest BCUT2D eigenvalue weighted by Gasteiger charge is 2.10. The molecule has 3 aromatic rings. The molecule has 0 fully saturated rings. The molecule has 2 N–H and O–H groups in total. The largest absolute Gasteiger partial charge is 0.352 e. The fraction of sp³-hybridized carbons (Fsp3) is 0.222. The summed E-state index contributed by atoms with van der Waals surface area (Å²) in [5.41, 5.74) is 2.26. The third-order valence-corrected chi connectivity index (χ3v) is 3.86. The molecule has 0 saturated heterocycles. The molecule has 7 heteroatoms. The molecule has 0 atom stereocenters. The second-order valence-electron chi connectivity index (χ2n) is 5.64. The molecule has 2 heterocycles. The minimum atomic E-state index is -0.172. The Kier molecular flexibility index (Phi) is 5.03. The maximum atomic E-state index is 12.1. The second-order valence-corrected chi connectivity index (χ2v) is 5.64. The van der Waals surface area contributed by atoms with Gasteiger partial charge in [0.1, 0.15) is 0 Å². The number of pyridine rings is 1. The average molecular weight is 337 g/mol. The van der Waals surface area contributed by atoms with Crippen LogP contribution < -0.4 is 10.6 Å². The molecule has 0 aliphatic carbocycles. The van der Waals surface area contributed by atoms with E-state index in [2.05, 4.69) is 20.8 Å². The van der Waals surface area contributed by atoms with Crippen molar-refractivity contribution in [2.75, 3.05) is 6.54 Å². The summed E-state index contributed by atoms with van der Waals surface area (Å²) in [4.78, 5) is 24.0. The molecule has 0 radical (unpaired) electrons. The van der Waals surface area contributed by atoms with Crippen LogP contribution in [-0.2, 0) is 11.3 Å². The summed E-state index contributed by atoms with van der Waals surface area (Å²) in [6, 6.07) is 12.9. The Hall–Kier alpha value is -3.22. The van der Waals surface area contributed by atoms with E-state index in [0.29, 0.717) is 11.4 Å². The number of nitrogens with one attached hydrogen (secondary N) is 2. The second kappa shape index (κ2) is 7.57. The number of nitrogens with zero attached hydrogens (tertiary/aromatic N) is 3. The van der Waals surface area contributed by atoms with E-state index in [1.165, 1.54) is 0 Å². The van der Waals surface area contributed by atoms with Crippen LogP contribution in [0.1, 0.15) is 28.2 Å². The Labute approximate surface area is 145 Å². The summed E-state index contributed by atoms with van der Waals surface area (Å²) in [5.74, 6) is 0.333. The molecular formula is C18H19N5O2. The van der Waals surface area contributed by atoms with Gasteiger partial charge >= 0.3 is 0 Å². The summed E-state index contributed by atoms with van der Waals surface area (Å²) in [7, 11) is 0. The lowest BCUT2D eigenvalue weighted by atomic mass is 10.1. The first-order valence-corrected chi connectivity index (χ1v) is 8.04. The first kappa shape index (κ1) is 16.6. The van der Waals surface area contributed by atoms with Crippen LogP contribution in [0.4, 0.5) is 0 Å². The van der Waals surface area contributed by atoms with E-state index in [-0.39, 0.29) is 31.3 Å². The summed E-state index contributed by atoms with van der Waals surface area (Å²) in [6.45, 7) is 2.44. The molecule has 0 unspecified atom stereocenters. The van der Waals surface area contributed by atoms with Gasteiger partial charge in [0.15, 0.2) is 11.5 Å². The van der Waals surface area contributed by atoms with Crippen LogP contribution in [0.5, 0.6) is 0 Å². The lowest BCUT2D eigenvalue weighted by molar-refractivity contribution is -0.121. The maximum absolute atomic E-state index is 12.1. The number of fused-ring (bicyclic) bond motifs is 1. The van der Waals surface area contributed by atoms with E-state index in [9.17, 15) is 9.59 Å². The fourth-order valence-corrected chi connectivity index (χ4v) is 2.49. The van der Waals surface area contributed by atoms with Crippen molar-refractivity contribution in [1.29, 1.82) is 0 Å². The van der Waals surface area contributed by atoms with Crippen LogP contribution in [0.3, 0.4) is 0 Å². The Morgan fingerprint density at radius 3 is 2.68 bits per heavy atom. The van der Waals surface area contributed by atoms with E-state index in [1.54, 1.807) is 6.07 Å². The Morgan fingerprint density at radius 2 is 1.84 bits per heavy atom. The predicted octanol–water partition coefficient (Wildman–Crippen LogP) is 1.47. The summed E-state index contributed by atoms with van der Waals surface area (Å²) < 4.78 is 1.82. The van der Waals surface area contributed by atoms with Crippen molar-refractivity contribution in [3.63, 3.8) is 0 Å². The number of rotatable bonds is 6. The van der Waals surface area contributed by atoms with E-state index in [4.69, 9.17) is 0 Å². The zero-order chi connectivity index (χ0) is 17.6. The molecular weight excluding hydrogens is 318 g/mol. The summed E-state index contributed by atoms with van der Waals surface area (Å²) in [5, 5.41) is 13.6. The van der Waals surface area contributed by atoms with E-state index in [0.717, 1.165) is 11.2 Å². The lowest BCUT2D eigenvalue weighted by Gasteiger charge is -2.08. The van der Waals surface area contributed by atoms with Crippen LogP contribution in [-0.4, -0.2) is 33.0 Å². The van der Waals surface area contributed by atoms with E-state index >= 15 is 0 Å². The molecule has 0 saturated carbocycles. The first-order valence-electron chi connectivity index (χ1n) is 8.04. The average Bonchev–Trinajstić information content (AvgIpc) is 3.03. The molecule has 2 amide bonds. The van der Waals surface area contributed by atoms with Gasteiger partial charge < -0.3 is 10.6 Å². The lowest BCUT2D eigenvalue weighted by Crippen LogP contribution is -2.31. The molecule has 128 valence electrons. The van der Waals surface area contributed by atoms with Crippen molar-refractivity contribution in [1.82, 2.24) is 25.2 Å². The van der Waals surface area contributed by atoms with Crippen LogP contribution in [0, 0.1) is 6.92 Å². The molecule has 7 nitrogen and oxygen atoms in total. The van der Waals surface area contributed by atoms with Gasteiger partial charge in [-0.05, 0) is 30.7 Å². The number of carbonyl (C=O) groups excluding carboxylic acids is 2. The highest BCUT2D eigenvalue weighted by Crippen LogP contribution is 2.06. The minimum Gasteiger partial charge on any atom is -0.352 e. The molecule has 3 rings (SSSR count). The highest BCUT2D eigenvalue weighted by molar-refractivity contribution is 5.95. The standard InChI is InChI=1S/C18H19N5O2/c1-13-6-2-3-7-14(13)18(25)19-10-9-17(24)20-12-16-22-21-15-8-4-5-11-23(15)16/h2-8,11H,9-10,12H2,1H3,(H,19,25)(H,20,24). The zero-order valence-electron chi connectivity index (χ0n) is 13.9. The van der Waals surface area contributed by atoms with Crippen molar-refractivity contribution in [2.45, 2.75) is 19.9 Å². The van der Waals surface area contributed by atoms with E-state index in [1.807, 2.05) is 53.9 Å². The van der Waals surface area contributed by atoms with Crippen LogP contribution in [0.2, 0.25) is 0 Å². The Balaban J connectivity index is 1.45. The van der Waals surface area contributed by atoms with Crippen molar-refractivity contribution in [3.8, 4) is 0 Å². The van der Waals surface area contributed by atoms with Gasteiger partial charge in [0.25, 0.3) is 5.91 Å². The quantitative estimate of drug-likeness (QED) is 0.713. The van der Waals surface area contributed by atoms with Gasteiger partial charge in [-0.25, -0.2) is 0 Å². The SMILES string of the molecule is Cc1ccccc1C(=O)NCCC(=O)NCc1nnc2ccccn12. The number of carbonyl (C=O) groups is 2. The Bertz CT molecular complexity index is 903. The van der Waals surface area contributed by atoms with Gasteiger partial charge in [-0.15, -0.1) is 10.2 Å². The van der Waals surface area contributed by atoms with Crippen molar-refractivity contribution < 1.29 is 9.59 Å². The van der Waals surface area contributed by atoms with Gasteiger partial charge in [0.2, 0.25) is 5.91 Å². The number of hydrogen-bond acceptors (Lipinski definition) is 4.